The number of benzene rings is 2. The van der Waals surface area contributed by atoms with Crippen molar-refractivity contribution < 1.29 is 19.1 Å². The van der Waals surface area contributed by atoms with E-state index in [1.54, 1.807) is 31.3 Å². The molecule has 2 aromatic carbocycles. The zero-order valence-electron chi connectivity index (χ0n) is 17.2. The molecule has 2 N–H and O–H groups in total. The van der Waals surface area contributed by atoms with E-state index < -0.39 is 0 Å². The zero-order chi connectivity index (χ0) is 21.5. The van der Waals surface area contributed by atoms with Gasteiger partial charge in [-0.05, 0) is 48.5 Å². The summed E-state index contributed by atoms with van der Waals surface area (Å²) in [4.78, 5) is 39.5. The highest BCUT2D eigenvalue weighted by molar-refractivity contribution is 5.99. The minimum Gasteiger partial charge on any atom is -0.378 e. The first-order chi connectivity index (χ1) is 14.4. The Hall–Kier alpha value is -3.39. The van der Waals surface area contributed by atoms with Crippen LogP contribution in [0.1, 0.15) is 17.3 Å². The minimum atomic E-state index is -0.278. The molecule has 0 bridgehead atoms. The Morgan fingerprint density at radius 1 is 0.933 bits per heavy atom. The van der Waals surface area contributed by atoms with E-state index in [-0.39, 0.29) is 24.3 Å². The van der Waals surface area contributed by atoms with Crippen LogP contribution < -0.4 is 15.5 Å². The van der Waals surface area contributed by atoms with Gasteiger partial charge in [0, 0.05) is 49.7 Å². The van der Waals surface area contributed by atoms with E-state index in [2.05, 4.69) is 15.5 Å². The number of morpholine rings is 1. The largest absolute Gasteiger partial charge is 0.378 e. The molecule has 1 heterocycles. The molecule has 0 aromatic heterocycles. The van der Waals surface area contributed by atoms with Crippen molar-refractivity contribution in [1.82, 2.24) is 4.90 Å². The van der Waals surface area contributed by atoms with Crippen molar-refractivity contribution in [2.24, 2.45) is 0 Å². The van der Waals surface area contributed by atoms with Crippen molar-refractivity contribution in [2.75, 3.05) is 55.4 Å². The van der Waals surface area contributed by atoms with Crippen LogP contribution in [0.2, 0.25) is 0 Å². The Balaban J connectivity index is 1.52. The van der Waals surface area contributed by atoms with Crippen LogP contribution in [0.4, 0.5) is 17.1 Å². The maximum Gasteiger partial charge on any atom is 0.254 e. The number of carbonyl (C=O) groups excluding carboxylic acids is 3. The first kappa shape index (κ1) is 21.3. The summed E-state index contributed by atoms with van der Waals surface area (Å²) in [5, 5.41) is 5.46. The average molecular weight is 410 g/mol. The van der Waals surface area contributed by atoms with E-state index >= 15 is 0 Å². The predicted octanol–water partition coefficient (Wildman–Crippen LogP) is 2.19. The molecular weight excluding hydrogens is 384 g/mol. The zero-order valence-corrected chi connectivity index (χ0v) is 17.2. The molecule has 1 aliphatic rings. The topological polar surface area (TPSA) is 91.0 Å². The van der Waals surface area contributed by atoms with Crippen LogP contribution in [-0.4, -0.2) is 62.5 Å². The van der Waals surface area contributed by atoms with Gasteiger partial charge in [-0.3, -0.25) is 14.4 Å². The first-order valence-corrected chi connectivity index (χ1v) is 9.78. The minimum absolute atomic E-state index is 0.0719. The van der Waals surface area contributed by atoms with E-state index in [0.29, 0.717) is 16.9 Å². The number of hydrogen-bond acceptors (Lipinski definition) is 5. The lowest BCUT2D eigenvalue weighted by atomic mass is 10.2. The Morgan fingerprint density at radius 2 is 1.50 bits per heavy atom. The van der Waals surface area contributed by atoms with Crippen LogP contribution in [0.3, 0.4) is 0 Å². The number of likely N-dealkylation sites (N-methyl/N-ethyl adjacent to an activating group) is 1. The summed E-state index contributed by atoms with van der Waals surface area (Å²) in [5.74, 6) is -0.733. The third-order valence-corrected chi connectivity index (χ3v) is 4.71. The van der Waals surface area contributed by atoms with Gasteiger partial charge in [0.1, 0.15) is 0 Å². The maximum absolute atomic E-state index is 12.5. The smallest absolute Gasteiger partial charge is 0.254 e. The summed E-state index contributed by atoms with van der Waals surface area (Å²) in [6.45, 7) is 4.48. The molecule has 0 atom stereocenters. The standard InChI is InChI=1S/C22H26N4O4/c1-16(27)23-18-5-3-17(4-6-18)22(29)25(2)15-21(28)24-19-7-9-20(10-8-19)26-11-13-30-14-12-26/h3-10H,11-15H2,1-2H3,(H,23,27)(H,24,28). The quantitative estimate of drug-likeness (QED) is 0.762. The van der Waals surface area contributed by atoms with Gasteiger partial charge in [0.2, 0.25) is 11.8 Å². The normalized spacial score (nSPS) is 13.5. The van der Waals surface area contributed by atoms with Crippen LogP contribution in [0, 0.1) is 0 Å². The van der Waals surface area contributed by atoms with Crippen LogP contribution in [-0.2, 0) is 14.3 Å². The lowest BCUT2D eigenvalue weighted by Crippen LogP contribution is -2.36. The van der Waals surface area contributed by atoms with Crippen LogP contribution in [0.15, 0.2) is 48.5 Å². The summed E-state index contributed by atoms with van der Waals surface area (Å²) >= 11 is 0. The Kier molecular flexibility index (Phi) is 7.03. The fraction of sp³-hybridized carbons (Fsp3) is 0.318. The number of carbonyl (C=O) groups is 3. The van der Waals surface area contributed by atoms with Crippen LogP contribution >= 0.6 is 0 Å². The lowest BCUT2D eigenvalue weighted by Gasteiger charge is -2.28. The van der Waals surface area contributed by atoms with E-state index in [1.165, 1.54) is 11.8 Å². The maximum atomic E-state index is 12.5. The number of anilines is 3. The van der Waals surface area contributed by atoms with Crippen molar-refractivity contribution in [3.63, 3.8) is 0 Å². The van der Waals surface area contributed by atoms with Gasteiger partial charge in [-0.2, -0.15) is 0 Å². The third-order valence-electron chi connectivity index (χ3n) is 4.71. The third kappa shape index (κ3) is 5.81. The molecule has 0 saturated carbocycles. The molecule has 0 aliphatic carbocycles. The monoisotopic (exact) mass is 410 g/mol. The highest BCUT2D eigenvalue weighted by Gasteiger charge is 2.16. The van der Waals surface area contributed by atoms with Crippen LogP contribution in [0.25, 0.3) is 0 Å². The van der Waals surface area contributed by atoms with Gasteiger partial charge >= 0.3 is 0 Å². The van der Waals surface area contributed by atoms with E-state index in [0.717, 1.165) is 32.0 Å². The summed E-state index contributed by atoms with van der Waals surface area (Å²) in [7, 11) is 1.57. The highest BCUT2D eigenvalue weighted by atomic mass is 16.5. The van der Waals surface area contributed by atoms with Gasteiger partial charge < -0.3 is 25.2 Å². The average Bonchev–Trinajstić information content (AvgIpc) is 2.74. The molecule has 8 nitrogen and oxygen atoms in total. The molecule has 1 fully saturated rings. The number of ether oxygens (including phenoxy) is 1. The number of nitrogens with one attached hydrogen (secondary N) is 2. The molecular formula is C22H26N4O4. The van der Waals surface area contributed by atoms with Gasteiger partial charge in [-0.25, -0.2) is 0 Å². The van der Waals surface area contributed by atoms with Crippen molar-refractivity contribution in [1.29, 1.82) is 0 Å². The fourth-order valence-electron chi connectivity index (χ4n) is 3.18. The second-order valence-corrected chi connectivity index (χ2v) is 7.11. The van der Waals surface area contributed by atoms with Gasteiger partial charge in [0.05, 0.1) is 19.8 Å². The molecule has 3 amide bonds. The number of nitrogens with zero attached hydrogens (tertiary/aromatic N) is 2. The Bertz CT molecular complexity index is 890. The molecule has 1 saturated heterocycles. The molecule has 0 unspecified atom stereocenters. The van der Waals surface area contributed by atoms with Gasteiger partial charge in [0.25, 0.3) is 5.91 Å². The first-order valence-electron chi connectivity index (χ1n) is 9.78. The lowest BCUT2D eigenvalue weighted by molar-refractivity contribution is -0.116. The predicted molar refractivity (Wildman–Crippen MR) is 116 cm³/mol. The molecule has 30 heavy (non-hydrogen) atoms. The summed E-state index contributed by atoms with van der Waals surface area (Å²) in [6.07, 6.45) is 0. The van der Waals surface area contributed by atoms with Crippen molar-refractivity contribution in [2.45, 2.75) is 6.92 Å². The molecule has 0 spiro atoms. The van der Waals surface area contributed by atoms with Gasteiger partial charge in [0.15, 0.2) is 0 Å². The number of hydrogen-bond donors (Lipinski definition) is 2. The highest BCUT2D eigenvalue weighted by Crippen LogP contribution is 2.19. The molecule has 2 aromatic rings. The van der Waals surface area contributed by atoms with E-state index in [9.17, 15) is 14.4 Å². The molecule has 0 radical (unpaired) electrons. The van der Waals surface area contributed by atoms with Crippen molar-refractivity contribution >= 4 is 34.8 Å². The van der Waals surface area contributed by atoms with Gasteiger partial charge in [-0.15, -0.1) is 0 Å². The summed E-state index contributed by atoms with van der Waals surface area (Å²) in [5.41, 5.74) is 2.82. The van der Waals surface area contributed by atoms with Gasteiger partial charge in [-0.1, -0.05) is 0 Å². The molecule has 158 valence electrons. The van der Waals surface area contributed by atoms with Crippen molar-refractivity contribution in [3.8, 4) is 0 Å². The Labute approximate surface area is 175 Å². The van der Waals surface area contributed by atoms with Crippen molar-refractivity contribution in [3.05, 3.63) is 54.1 Å². The second-order valence-electron chi connectivity index (χ2n) is 7.11. The molecule has 1 aliphatic heterocycles. The molecule has 3 rings (SSSR count). The van der Waals surface area contributed by atoms with E-state index in [1.807, 2.05) is 24.3 Å². The van der Waals surface area contributed by atoms with Crippen LogP contribution in [0.5, 0.6) is 0 Å². The second kappa shape index (κ2) is 9.89. The number of amides is 3. The SMILES string of the molecule is CC(=O)Nc1ccc(C(=O)N(C)CC(=O)Nc2ccc(N3CCOCC3)cc2)cc1. The fourth-order valence-corrected chi connectivity index (χ4v) is 3.18. The van der Waals surface area contributed by atoms with E-state index in [4.69, 9.17) is 4.74 Å². The summed E-state index contributed by atoms with van der Waals surface area (Å²) in [6, 6.07) is 14.2. The Morgan fingerprint density at radius 3 is 2.10 bits per heavy atom. The molecule has 8 heteroatoms. The number of rotatable bonds is 6. The summed E-state index contributed by atoms with van der Waals surface area (Å²) < 4.78 is 5.36.